The van der Waals surface area contributed by atoms with Gasteiger partial charge in [-0.1, -0.05) is 23.4 Å². The summed E-state index contributed by atoms with van der Waals surface area (Å²) in [5.41, 5.74) is 3.04. The molecule has 0 radical (unpaired) electrons. The summed E-state index contributed by atoms with van der Waals surface area (Å²) in [6, 6.07) is 10.0. The summed E-state index contributed by atoms with van der Waals surface area (Å²) in [5, 5.41) is 13.0. The van der Waals surface area contributed by atoms with Crippen molar-refractivity contribution in [2.75, 3.05) is 0 Å². The third-order valence-corrected chi connectivity index (χ3v) is 4.30. The maximum absolute atomic E-state index is 9.50. The lowest BCUT2D eigenvalue weighted by atomic mass is 10.1. The van der Waals surface area contributed by atoms with Gasteiger partial charge >= 0.3 is 0 Å². The van der Waals surface area contributed by atoms with Crippen molar-refractivity contribution in [2.24, 2.45) is 5.16 Å². The highest BCUT2D eigenvalue weighted by Crippen LogP contribution is 2.24. The molecule has 5 nitrogen and oxygen atoms in total. The van der Waals surface area contributed by atoms with Crippen molar-refractivity contribution in [3.63, 3.8) is 0 Å². The minimum Gasteiger partial charge on any atom is -0.439 e. The van der Waals surface area contributed by atoms with Crippen LogP contribution < -0.4 is 4.74 Å². The van der Waals surface area contributed by atoms with Gasteiger partial charge in [0.25, 0.3) is 0 Å². The number of rotatable bonds is 3. The van der Waals surface area contributed by atoms with Crippen LogP contribution in [0.5, 0.6) is 11.6 Å². The minimum absolute atomic E-state index is 0.173. The van der Waals surface area contributed by atoms with E-state index in [1.165, 1.54) is 0 Å². The molecule has 2 unspecified atom stereocenters. The van der Waals surface area contributed by atoms with Crippen molar-refractivity contribution in [1.29, 1.82) is 0 Å². The van der Waals surface area contributed by atoms with Crippen LogP contribution in [0.4, 0.5) is 0 Å². The summed E-state index contributed by atoms with van der Waals surface area (Å²) in [6.45, 7) is 8.20. The zero-order valence-electron chi connectivity index (χ0n) is 15.0. The van der Waals surface area contributed by atoms with Gasteiger partial charge in [-0.15, -0.1) is 0 Å². The Labute approximate surface area is 148 Å². The second-order valence-corrected chi connectivity index (χ2v) is 6.51. The van der Waals surface area contributed by atoms with E-state index in [0.717, 1.165) is 22.4 Å². The molecule has 1 N–H and O–H groups in total. The van der Waals surface area contributed by atoms with Gasteiger partial charge in [0, 0.05) is 29.9 Å². The second-order valence-electron chi connectivity index (χ2n) is 6.51. The number of hydrogen-bond donors (Lipinski definition) is 1. The van der Waals surface area contributed by atoms with Gasteiger partial charge in [-0.05, 0) is 57.0 Å². The Morgan fingerprint density at radius 2 is 1.72 bits per heavy atom. The Kier molecular flexibility index (Phi) is 4.74. The molecule has 0 bridgehead atoms. The molecule has 3 rings (SSSR count). The molecule has 1 aromatic heterocycles. The van der Waals surface area contributed by atoms with E-state index in [0.29, 0.717) is 11.7 Å². The summed E-state index contributed by atoms with van der Waals surface area (Å²) >= 11 is 0. The van der Waals surface area contributed by atoms with Gasteiger partial charge in [-0.2, -0.15) is 0 Å². The Morgan fingerprint density at radius 3 is 2.24 bits per heavy atom. The number of aromatic nitrogens is 1. The average molecular weight is 337 g/mol. The highest BCUT2D eigenvalue weighted by Gasteiger charge is 2.27. The minimum atomic E-state index is 0.173. The van der Waals surface area contributed by atoms with Gasteiger partial charge < -0.3 is 14.8 Å². The highest BCUT2D eigenvalue weighted by atomic mass is 16.5. The Bertz CT molecular complexity index is 780. The quantitative estimate of drug-likeness (QED) is 0.299. The second kappa shape index (κ2) is 6.97. The van der Waals surface area contributed by atoms with E-state index in [4.69, 9.17) is 4.74 Å². The van der Waals surface area contributed by atoms with E-state index in [9.17, 15) is 5.21 Å². The molecular formula is C20H23N3O2. The third kappa shape index (κ3) is 3.65. The van der Waals surface area contributed by atoms with Crippen LogP contribution >= 0.6 is 0 Å². The molecule has 0 saturated carbocycles. The summed E-state index contributed by atoms with van der Waals surface area (Å²) in [4.78, 5) is 6.41. The first-order valence-corrected chi connectivity index (χ1v) is 8.39. The monoisotopic (exact) mass is 337 g/mol. The van der Waals surface area contributed by atoms with Crippen molar-refractivity contribution < 1.29 is 9.94 Å². The number of nitrogens with zero attached hydrogens (tertiary/aromatic N) is 3. The van der Waals surface area contributed by atoms with E-state index in [1.807, 2.05) is 36.9 Å². The van der Waals surface area contributed by atoms with Gasteiger partial charge in [0.15, 0.2) is 5.84 Å². The molecule has 2 aromatic rings. The average Bonchev–Trinajstić information content (AvgIpc) is 2.89. The fourth-order valence-electron chi connectivity index (χ4n) is 3.21. The molecule has 2 heterocycles. The largest absolute Gasteiger partial charge is 0.439 e. The van der Waals surface area contributed by atoms with E-state index < -0.39 is 0 Å². The van der Waals surface area contributed by atoms with E-state index in [2.05, 4.69) is 42.2 Å². The van der Waals surface area contributed by atoms with Gasteiger partial charge in [0.2, 0.25) is 5.88 Å². The number of ether oxygens (including phenoxy) is 1. The Morgan fingerprint density at radius 1 is 1.08 bits per heavy atom. The lowest BCUT2D eigenvalue weighted by Gasteiger charge is -2.28. The molecule has 0 spiro atoms. The van der Waals surface area contributed by atoms with Gasteiger partial charge in [-0.3, -0.25) is 0 Å². The third-order valence-electron chi connectivity index (χ3n) is 4.30. The zero-order valence-corrected chi connectivity index (χ0v) is 15.0. The number of aryl methyl sites for hydroxylation is 2. The van der Waals surface area contributed by atoms with Crippen LogP contribution in [0.2, 0.25) is 0 Å². The molecular weight excluding hydrogens is 314 g/mol. The van der Waals surface area contributed by atoms with Crippen LogP contribution in [0, 0.1) is 13.8 Å². The maximum Gasteiger partial charge on any atom is 0.219 e. The topological polar surface area (TPSA) is 58.0 Å². The van der Waals surface area contributed by atoms with Gasteiger partial charge in [-0.25, -0.2) is 4.98 Å². The van der Waals surface area contributed by atoms with Crippen LogP contribution in [0.3, 0.4) is 0 Å². The predicted octanol–water partition coefficient (Wildman–Crippen LogP) is 4.28. The number of oxime groups is 1. The van der Waals surface area contributed by atoms with E-state index >= 15 is 0 Å². The number of pyridine rings is 1. The summed E-state index contributed by atoms with van der Waals surface area (Å²) in [6.07, 6.45) is 5.87. The van der Waals surface area contributed by atoms with Crippen molar-refractivity contribution in [3.05, 3.63) is 65.4 Å². The molecule has 1 aliphatic rings. The fourth-order valence-corrected chi connectivity index (χ4v) is 3.21. The molecule has 0 fully saturated rings. The molecule has 0 saturated heterocycles. The fraction of sp³-hybridized carbons (Fsp3) is 0.300. The first-order chi connectivity index (χ1) is 12.0. The first-order valence-electron chi connectivity index (χ1n) is 8.39. The van der Waals surface area contributed by atoms with Crippen molar-refractivity contribution >= 4 is 5.84 Å². The Balaban J connectivity index is 1.79. The number of amidine groups is 1. The zero-order chi connectivity index (χ0) is 18.0. The first kappa shape index (κ1) is 17.0. The molecule has 1 aliphatic heterocycles. The summed E-state index contributed by atoms with van der Waals surface area (Å²) < 4.78 is 5.84. The molecule has 2 atom stereocenters. The maximum atomic E-state index is 9.50. The summed E-state index contributed by atoms with van der Waals surface area (Å²) in [5.74, 6) is 1.78. The molecule has 1 aromatic carbocycles. The number of hydrogen-bond acceptors (Lipinski definition) is 4. The lowest BCUT2D eigenvalue weighted by Crippen LogP contribution is -2.40. The van der Waals surface area contributed by atoms with Crippen LogP contribution in [0.25, 0.3) is 0 Å². The molecule has 5 heteroatoms. The predicted molar refractivity (Wildman–Crippen MR) is 98.5 cm³/mol. The standard InChI is InChI=1S/C20H23N3O2/c1-13-9-14(2)11-18(10-13)25-19-8-7-17(12-21-19)20(22-24)23-15(3)5-6-16(23)4/h5-12,15-16,24H,1-4H3/b22-20-. The van der Waals surface area contributed by atoms with Crippen LogP contribution in [-0.2, 0) is 0 Å². The SMILES string of the molecule is Cc1cc(C)cc(Oc2ccc(/C(=N/O)N3C(C)C=CC3C)cn2)c1. The molecule has 130 valence electrons. The van der Waals surface area contributed by atoms with E-state index in [-0.39, 0.29) is 12.1 Å². The van der Waals surface area contributed by atoms with Crippen LogP contribution in [0.15, 0.2) is 53.8 Å². The van der Waals surface area contributed by atoms with Crippen LogP contribution in [0.1, 0.15) is 30.5 Å². The smallest absolute Gasteiger partial charge is 0.219 e. The van der Waals surface area contributed by atoms with Crippen LogP contribution in [-0.4, -0.2) is 33.0 Å². The van der Waals surface area contributed by atoms with Crippen molar-refractivity contribution in [2.45, 2.75) is 39.8 Å². The summed E-state index contributed by atoms with van der Waals surface area (Å²) in [7, 11) is 0. The Hall–Kier alpha value is -2.82. The van der Waals surface area contributed by atoms with Crippen molar-refractivity contribution in [1.82, 2.24) is 9.88 Å². The van der Waals surface area contributed by atoms with Gasteiger partial charge in [0.1, 0.15) is 5.75 Å². The van der Waals surface area contributed by atoms with E-state index in [1.54, 1.807) is 12.3 Å². The highest BCUT2D eigenvalue weighted by molar-refractivity contribution is 5.99. The molecule has 0 amide bonds. The molecule has 25 heavy (non-hydrogen) atoms. The molecule has 0 aliphatic carbocycles. The lowest BCUT2D eigenvalue weighted by molar-refractivity contribution is 0.289. The normalized spacial score (nSPS) is 20.2. The number of benzene rings is 1. The van der Waals surface area contributed by atoms with Crippen molar-refractivity contribution in [3.8, 4) is 11.6 Å². The van der Waals surface area contributed by atoms with Gasteiger partial charge in [0.05, 0.1) is 0 Å².